The Morgan fingerprint density at radius 1 is 1.10 bits per heavy atom. The van der Waals surface area contributed by atoms with Gasteiger partial charge in [0.15, 0.2) is 5.96 Å². The first kappa shape index (κ1) is 24.8. The summed E-state index contributed by atoms with van der Waals surface area (Å²) in [6, 6.07) is 15.6. The molecule has 1 unspecified atom stereocenters. The van der Waals surface area contributed by atoms with Crippen molar-refractivity contribution in [3.05, 3.63) is 54.1 Å². The maximum Gasteiger partial charge on any atom is 0.227 e. The summed E-state index contributed by atoms with van der Waals surface area (Å²) in [4.78, 5) is 18.0. The van der Waals surface area contributed by atoms with Gasteiger partial charge in [0, 0.05) is 32.2 Å². The Morgan fingerprint density at radius 2 is 1.77 bits per heavy atom. The summed E-state index contributed by atoms with van der Waals surface area (Å²) >= 11 is 0. The molecule has 3 rings (SSSR count). The number of carbonyl (C=O) groups excluding carboxylic acids is 1. The Morgan fingerprint density at radius 3 is 2.35 bits per heavy atom. The van der Waals surface area contributed by atoms with Gasteiger partial charge >= 0.3 is 0 Å². The lowest BCUT2D eigenvalue weighted by molar-refractivity contribution is -0.117. The number of amides is 1. The Hall–Kier alpha value is -2.49. The Labute approximate surface area is 201 Å². The van der Waals surface area contributed by atoms with Gasteiger partial charge in [-0.15, -0.1) is 24.0 Å². The molecule has 2 N–H and O–H groups in total. The van der Waals surface area contributed by atoms with E-state index in [9.17, 15) is 4.79 Å². The molecule has 8 heteroatoms. The highest BCUT2D eigenvalue weighted by Crippen LogP contribution is 2.21. The highest BCUT2D eigenvalue weighted by atomic mass is 127. The molecule has 0 aromatic heterocycles. The first-order valence-corrected chi connectivity index (χ1v) is 10.2. The zero-order valence-electron chi connectivity index (χ0n) is 18.3. The van der Waals surface area contributed by atoms with E-state index in [-0.39, 0.29) is 36.0 Å². The molecule has 2 aromatic rings. The topological polar surface area (TPSA) is 75.2 Å². The van der Waals surface area contributed by atoms with E-state index >= 15 is 0 Å². The van der Waals surface area contributed by atoms with Gasteiger partial charge in [-0.1, -0.05) is 12.1 Å². The summed E-state index contributed by atoms with van der Waals surface area (Å²) in [6.45, 7) is 4.07. The van der Waals surface area contributed by atoms with Crippen LogP contribution in [0.15, 0.2) is 53.5 Å². The standard InChI is InChI=1S/C23H30N4O3.HI/c1-17(30-21-12-10-20(29-3)11-13-21)15-25-23(24-2)26-16-18-6-8-19(9-7-18)27-14-4-5-22(27)28;/h6-13,17H,4-5,14-16H2,1-3H3,(H2,24,25,26);1H. The minimum absolute atomic E-state index is 0. The molecule has 1 saturated heterocycles. The highest BCUT2D eigenvalue weighted by Gasteiger charge is 2.21. The number of nitrogens with zero attached hydrogens (tertiary/aromatic N) is 2. The zero-order chi connectivity index (χ0) is 21.3. The molecule has 2 aromatic carbocycles. The fourth-order valence-electron chi connectivity index (χ4n) is 3.29. The molecule has 0 aliphatic carbocycles. The molecule has 0 spiro atoms. The number of halogens is 1. The predicted octanol–water partition coefficient (Wildman–Crippen LogP) is 3.57. The molecular formula is C23H31IN4O3. The summed E-state index contributed by atoms with van der Waals surface area (Å²) < 4.78 is 11.1. The van der Waals surface area contributed by atoms with Crippen LogP contribution in [0.2, 0.25) is 0 Å². The van der Waals surface area contributed by atoms with Crippen LogP contribution in [0.3, 0.4) is 0 Å². The Balaban J connectivity index is 0.00000341. The van der Waals surface area contributed by atoms with E-state index in [0.717, 1.165) is 35.7 Å². The van der Waals surface area contributed by atoms with Gasteiger partial charge in [0.05, 0.1) is 13.7 Å². The van der Waals surface area contributed by atoms with Crippen molar-refractivity contribution in [1.82, 2.24) is 10.6 Å². The molecule has 0 radical (unpaired) electrons. The third kappa shape index (κ3) is 7.30. The molecule has 0 saturated carbocycles. The summed E-state index contributed by atoms with van der Waals surface area (Å²) in [6.07, 6.45) is 1.55. The molecule has 0 bridgehead atoms. The highest BCUT2D eigenvalue weighted by molar-refractivity contribution is 14.0. The Bertz CT molecular complexity index is 856. The van der Waals surface area contributed by atoms with Crippen LogP contribution >= 0.6 is 24.0 Å². The number of carbonyl (C=O) groups is 1. The summed E-state index contributed by atoms with van der Waals surface area (Å²) in [5.74, 6) is 2.51. The van der Waals surface area contributed by atoms with Gasteiger partial charge in [-0.3, -0.25) is 9.79 Å². The fraction of sp³-hybridized carbons (Fsp3) is 0.391. The summed E-state index contributed by atoms with van der Waals surface area (Å²) in [5, 5.41) is 6.58. The third-order valence-corrected chi connectivity index (χ3v) is 4.96. The van der Waals surface area contributed by atoms with Crippen LogP contribution in [0.1, 0.15) is 25.3 Å². The van der Waals surface area contributed by atoms with Crippen LogP contribution < -0.4 is 25.0 Å². The molecule has 7 nitrogen and oxygen atoms in total. The largest absolute Gasteiger partial charge is 0.497 e. The number of hydrogen-bond donors (Lipinski definition) is 2. The quantitative estimate of drug-likeness (QED) is 0.306. The van der Waals surface area contributed by atoms with Crippen LogP contribution in [-0.2, 0) is 11.3 Å². The van der Waals surface area contributed by atoms with Crippen LogP contribution in [-0.4, -0.2) is 45.2 Å². The van der Waals surface area contributed by atoms with Crippen molar-refractivity contribution in [1.29, 1.82) is 0 Å². The number of methoxy groups -OCH3 is 1. The van der Waals surface area contributed by atoms with Crippen LogP contribution in [0, 0.1) is 0 Å². The molecule has 1 aliphatic heterocycles. The number of benzene rings is 2. The zero-order valence-corrected chi connectivity index (χ0v) is 20.6. The second-order valence-electron chi connectivity index (χ2n) is 7.23. The second kappa shape index (κ2) is 12.4. The van der Waals surface area contributed by atoms with Crippen molar-refractivity contribution in [3.63, 3.8) is 0 Å². The van der Waals surface area contributed by atoms with E-state index in [4.69, 9.17) is 9.47 Å². The number of rotatable bonds is 8. The molecule has 31 heavy (non-hydrogen) atoms. The van der Waals surface area contributed by atoms with Gasteiger partial charge in [0.1, 0.15) is 17.6 Å². The molecule has 1 atom stereocenters. The predicted molar refractivity (Wildman–Crippen MR) is 135 cm³/mol. The molecule has 1 fully saturated rings. The van der Waals surface area contributed by atoms with Gasteiger partial charge in [-0.2, -0.15) is 0 Å². The average Bonchev–Trinajstić information content (AvgIpc) is 3.20. The molecule has 1 heterocycles. The molecule has 1 aliphatic rings. The number of hydrogen-bond acceptors (Lipinski definition) is 4. The van der Waals surface area contributed by atoms with Crippen LogP contribution in [0.25, 0.3) is 0 Å². The number of ether oxygens (including phenoxy) is 2. The van der Waals surface area contributed by atoms with Crippen molar-refractivity contribution in [2.45, 2.75) is 32.4 Å². The van der Waals surface area contributed by atoms with Gasteiger partial charge in [0.2, 0.25) is 5.91 Å². The van der Waals surface area contributed by atoms with E-state index in [0.29, 0.717) is 25.5 Å². The SMILES string of the molecule is CN=C(NCc1ccc(N2CCCC2=O)cc1)NCC(C)Oc1ccc(OC)cc1.I. The lowest BCUT2D eigenvalue weighted by Crippen LogP contribution is -2.41. The van der Waals surface area contributed by atoms with Crippen molar-refractivity contribution in [2.24, 2.45) is 4.99 Å². The minimum Gasteiger partial charge on any atom is -0.497 e. The van der Waals surface area contributed by atoms with E-state index in [1.807, 2.05) is 60.4 Å². The number of guanidine groups is 1. The minimum atomic E-state index is -0.0331. The maximum absolute atomic E-state index is 11.9. The normalized spacial score (nSPS) is 14.6. The summed E-state index contributed by atoms with van der Waals surface area (Å²) in [7, 11) is 3.39. The van der Waals surface area contributed by atoms with E-state index < -0.39 is 0 Å². The van der Waals surface area contributed by atoms with Gasteiger partial charge in [0.25, 0.3) is 0 Å². The van der Waals surface area contributed by atoms with E-state index in [2.05, 4.69) is 15.6 Å². The number of anilines is 1. The first-order valence-electron chi connectivity index (χ1n) is 10.2. The molecule has 1 amide bonds. The maximum atomic E-state index is 11.9. The van der Waals surface area contributed by atoms with Gasteiger partial charge in [-0.05, 0) is 55.3 Å². The van der Waals surface area contributed by atoms with Crippen molar-refractivity contribution < 1.29 is 14.3 Å². The summed E-state index contributed by atoms with van der Waals surface area (Å²) in [5.41, 5.74) is 2.09. The van der Waals surface area contributed by atoms with Crippen LogP contribution in [0.5, 0.6) is 11.5 Å². The molecule has 168 valence electrons. The van der Waals surface area contributed by atoms with E-state index in [1.54, 1.807) is 14.2 Å². The van der Waals surface area contributed by atoms with Crippen molar-refractivity contribution in [3.8, 4) is 11.5 Å². The number of aliphatic imine (C=N–C) groups is 1. The van der Waals surface area contributed by atoms with E-state index in [1.165, 1.54) is 0 Å². The third-order valence-electron chi connectivity index (χ3n) is 4.96. The van der Waals surface area contributed by atoms with Crippen LogP contribution in [0.4, 0.5) is 5.69 Å². The van der Waals surface area contributed by atoms with Crippen molar-refractivity contribution >= 4 is 41.5 Å². The molecular weight excluding hydrogens is 507 g/mol. The Kier molecular flexibility index (Phi) is 9.90. The monoisotopic (exact) mass is 538 g/mol. The average molecular weight is 538 g/mol. The second-order valence-corrected chi connectivity index (χ2v) is 7.23. The van der Waals surface area contributed by atoms with Gasteiger partial charge in [-0.25, -0.2) is 0 Å². The lowest BCUT2D eigenvalue weighted by Gasteiger charge is -2.18. The van der Waals surface area contributed by atoms with Gasteiger partial charge < -0.3 is 25.0 Å². The van der Waals surface area contributed by atoms with Crippen molar-refractivity contribution in [2.75, 3.05) is 32.1 Å². The number of nitrogens with one attached hydrogen (secondary N) is 2. The fourth-order valence-corrected chi connectivity index (χ4v) is 3.29. The lowest BCUT2D eigenvalue weighted by atomic mass is 10.2. The smallest absolute Gasteiger partial charge is 0.227 e. The first-order chi connectivity index (χ1) is 14.6.